The van der Waals surface area contributed by atoms with E-state index in [4.69, 9.17) is 32.7 Å². The summed E-state index contributed by atoms with van der Waals surface area (Å²) in [6, 6.07) is 5.62. The zero-order chi connectivity index (χ0) is 25.2. The molecule has 35 heavy (non-hydrogen) atoms. The largest absolute Gasteiger partial charge is 0.374 e. The van der Waals surface area contributed by atoms with Crippen molar-refractivity contribution in [2.75, 3.05) is 43.9 Å². The number of carbonyl (C=O) groups excluding carboxylic acids is 1. The lowest BCUT2D eigenvalue weighted by Gasteiger charge is -2.33. The van der Waals surface area contributed by atoms with E-state index in [2.05, 4.69) is 25.7 Å². The van der Waals surface area contributed by atoms with Gasteiger partial charge in [0.05, 0.1) is 28.5 Å². The first-order chi connectivity index (χ1) is 16.8. The summed E-state index contributed by atoms with van der Waals surface area (Å²) in [6.07, 6.45) is -2.21. The van der Waals surface area contributed by atoms with E-state index in [9.17, 15) is 15.0 Å². The summed E-state index contributed by atoms with van der Waals surface area (Å²) in [4.78, 5) is 14.6. The third-order valence-electron chi connectivity index (χ3n) is 4.95. The number of ether oxygens (including phenoxy) is 2. The van der Waals surface area contributed by atoms with Crippen molar-refractivity contribution in [3.63, 3.8) is 0 Å². The lowest BCUT2D eigenvalue weighted by atomic mass is 10.2. The molecule has 0 unspecified atom stereocenters. The fourth-order valence-corrected chi connectivity index (χ4v) is 5.28. The molecule has 2 aromatic rings. The van der Waals surface area contributed by atoms with Crippen LogP contribution in [0.25, 0.3) is 0 Å². The van der Waals surface area contributed by atoms with Gasteiger partial charge in [-0.15, -0.1) is 10.2 Å². The molecule has 0 bridgehead atoms. The first-order valence-corrected chi connectivity index (χ1v) is 13.6. The molecule has 0 aliphatic carbocycles. The average Bonchev–Trinajstić information content (AvgIpc) is 3.26. The first kappa shape index (κ1) is 28.4. The molecule has 1 aliphatic heterocycles. The summed E-state index contributed by atoms with van der Waals surface area (Å²) in [5.74, 6) is 0.0460. The molecule has 1 aliphatic rings. The maximum absolute atomic E-state index is 12.3. The molecule has 1 saturated heterocycles. The molecule has 3 rings (SSSR count). The molecule has 0 radical (unpaired) electrons. The molecular weight excluding hydrogens is 537 g/mol. The number of aliphatic hydroxyl groups excluding tert-OH is 2. The van der Waals surface area contributed by atoms with Gasteiger partial charge in [0.2, 0.25) is 11.0 Å². The number of morpholine rings is 1. The van der Waals surface area contributed by atoms with Crippen LogP contribution in [0.1, 0.15) is 18.9 Å². The van der Waals surface area contributed by atoms with E-state index in [1.165, 1.54) is 23.1 Å². The van der Waals surface area contributed by atoms with Crippen molar-refractivity contribution in [2.24, 2.45) is 0 Å². The Hall–Kier alpha value is -1.22. The summed E-state index contributed by atoms with van der Waals surface area (Å²) >= 11 is 14.6. The van der Waals surface area contributed by atoms with Gasteiger partial charge >= 0.3 is 0 Å². The maximum atomic E-state index is 12.3. The van der Waals surface area contributed by atoms with E-state index < -0.39 is 12.5 Å². The highest BCUT2D eigenvalue weighted by atomic mass is 35.5. The molecule has 1 fully saturated rings. The molecule has 1 aromatic carbocycles. The van der Waals surface area contributed by atoms with Gasteiger partial charge in [-0.05, 0) is 24.6 Å². The Morgan fingerprint density at radius 1 is 1.37 bits per heavy atom. The van der Waals surface area contributed by atoms with E-state index >= 15 is 0 Å². The number of nitrogens with one attached hydrogen (secondary N) is 2. The van der Waals surface area contributed by atoms with Crippen LogP contribution in [-0.4, -0.2) is 88.4 Å². The molecule has 3 atom stereocenters. The van der Waals surface area contributed by atoms with Crippen LogP contribution in [0.4, 0.5) is 5.13 Å². The van der Waals surface area contributed by atoms with Gasteiger partial charge in [0.15, 0.2) is 10.6 Å². The number of rotatable bonds is 13. The standard InChI is InChI=1S/C21H29Cl2N5O5S2/c1-2-32-19(31)8-17(29)25-20-26-27-21(35-20)34-12-18(30)24-9-14-11-28(5-6-33-14)10-13-3-4-15(22)16(23)7-13/h3-4,7,14,17,19,29,31H,2,5-6,8-12H2,1H3,(H,24,30)(H,25,26)/t14-,17-,19-/m0/s1. The normalized spacial score (nSPS) is 18.3. The van der Waals surface area contributed by atoms with Crippen molar-refractivity contribution in [2.45, 2.75) is 42.9 Å². The number of nitrogens with zero attached hydrogens (tertiary/aromatic N) is 3. The fraction of sp³-hybridized carbons (Fsp3) is 0.571. The number of benzene rings is 1. The van der Waals surface area contributed by atoms with Crippen molar-refractivity contribution in [1.82, 2.24) is 20.4 Å². The highest BCUT2D eigenvalue weighted by Gasteiger charge is 2.21. The van der Waals surface area contributed by atoms with E-state index in [0.717, 1.165) is 18.7 Å². The Morgan fingerprint density at radius 2 is 2.20 bits per heavy atom. The molecule has 1 aromatic heterocycles. The van der Waals surface area contributed by atoms with Crippen LogP contribution < -0.4 is 10.6 Å². The van der Waals surface area contributed by atoms with Gasteiger partial charge in [0, 0.05) is 39.2 Å². The van der Waals surface area contributed by atoms with Crippen molar-refractivity contribution in [1.29, 1.82) is 0 Å². The number of thioether (sulfide) groups is 1. The van der Waals surface area contributed by atoms with Gasteiger partial charge in [-0.3, -0.25) is 9.69 Å². The summed E-state index contributed by atoms with van der Waals surface area (Å²) in [5, 5.41) is 34.6. The van der Waals surface area contributed by atoms with Crippen LogP contribution in [-0.2, 0) is 20.8 Å². The molecule has 194 valence electrons. The van der Waals surface area contributed by atoms with Crippen molar-refractivity contribution in [3.8, 4) is 0 Å². The summed E-state index contributed by atoms with van der Waals surface area (Å²) in [7, 11) is 0. The molecule has 0 saturated carbocycles. The van der Waals surface area contributed by atoms with E-state index in [1.807, 2.05) is 12.1 Å². The van der Waals surface area contributed by atoms with Crippen LogP contribution in [0.2, 0.25) is 10.0 Å². The lowest BCUT2D eigenvalue weighted by Crippen LogP contribution is -2.47. The molecular formula is C21H29Cl2N5O5S2. The Balaban J connectivity index is 1.35. The molecule has 2 heterocycles. The second kappa shape index (κ2) is 14.5. The Labute approximate surface area is 222 Å². The molecule has 0 spiro atoms. The minimum atomic E-state index is -1.07. The highest BCUT2D eigenvalue weighted by Crippen LogP contribution is 2.26. The smallest absolute Gasteiger partial charge is 0.230 e. The summed E-state index contributed by atoms with van der Waals surface area (Å²) in [6.45, 7) is 5.32. The van der Waals surface area contributed by atoms with Crippen LogP contribution in [0, 0.1) is 0 Å². The predicted molar refractivity (Wildman–Crippen MR) is 137 cm³/mol. The predicted octanol–water partition coefficient (Wildman–Crippen LogP) is 2.43. The van der Waals surface area contributed by atoms with E-state index in [-0.39, 0.29) is 24.2 Å². The number of halogens is 2. The first-order valence-electron chi connectivity index (χ1n) is 11.1. The minimum Gasteiger partial charge on any atom is -0.374 e. The summed E-state index contributed by atoms with van der Waals surface area (Å²) < 4.78 is 11.4. The monoisotopic (exact) mass is 565 g/mol. The third-order valence-corrected chi connectivity index (χ3v) is 7.67. The SMILES string of the molecule is CCO[C@H](O)C[C@H](O)Nc1nnc(SCC(=O)NC[C@H]2CN(Cc3ccc(Cl)c(Cl)c3)CCO2)s1. The number of hydrogen-bond acceptors (Lipinski definition) is 11. The number of carbonyl (C=O) groups is 1. The van der Waals surface area contributed by atoms with Gasteiger partial charge in [-0.25, -0.2) is 0 Å². The molecule has 14 heteroatoms. The third kappa shape index (κ3) is 9.98. The lowest BCUT2D eigenvalue weighted by molar-refractivity contribution is -0.119. The minimum absolute atomic E-state index is 0.00753. The van der Waals surface area contributed by atoms with Gasteiger partial charge < -0.3 is 30.3 Å². The van der Waals surface area contributed by atoms with Gasteiger partial charge in [-0.1, -0.05) is 52.4 Å². The quantitative estimate of drug-likeness (QED) is 0.212. The zero-order valence-corrected chi connectivity index (χ0v) is 22.3. The van der Waals surface area contributed by atoms with Crippen LogP contribution in [0.5, 0.6) is 0 Å². The van der Waals surface area contributed by atoms with Crippen molar-refractivity contribution >= 4 is 57.3 Å². The fourth-order valence-electron chi connectivity index (χ4n) is 3.33. The van der Waals surface area contributed by atoms with Crippen LogP contribution in [0.15, 0.2) is 22.5 Å². The van der Waals surface area contributed by atoms with E-state index in [0.29, 0.717) is 45.8 Å². The zero-order valence-electron chi connectivity index (χ0n) is 19.2. The van der Waals surface area contributed by atoms with Crippen LogP contribution >= 0.6 is 46.3 Å². The Kier molecular flexibility index (Phi) is 11.7. The number of aliphatic hydroxyl groups is 2. The van der Waals surface area contributed by atoms with Gasteiger partial charge in [0.25, 0.3) is 0 Å². The van der Waals surface area contributed by atoms with E-state index in [1.54, 1.807) is 13.0 Å². The van der Waals surface area contributed by atoms with Gasteiger partial charge in [-0.2, -0.15) is 0 Å². The van der Waals surface area contributed by atoms with Gasteiger partial charge in [0.1, 0.15) is 6.23 Å². The number of amides is 1. The Bertz CT molecular complexity index is 957. The molecule has 1 amide bonds. The second-order valence-electron chi connectivity index (χ2n) is 7.75. The molecule has 4 N–H and O–H groups in total. The maximum Gasteiger partial charge on any atom is 0.230 e. The van der Waals surface area contributed by atoms with Crippen molar-refractivity contribution in [3.05, 3.63) is 33.8 Å². The number of hydrogen-bond donors (Lipinski definition) is 4. The number of aromatic nitrogens is 2. The topological polar surface area (TPSA) is 129 Å². The van der Waals surface area contributed by atoms with Crippen LogP contribution in [0.3, 0.4) is 0 Å². The Morgan fingerprint density at radius 3 is 2.97 bits per heavy atom. The number of anilines is 1. The summed E-state index contributed by atoms with van der Waals surface area (Å²) in [5.41, 5.74) is 1.07. The van der Waals surface area contributed by atoms with Crippen molar-refractivity contribution < 1.29 is 24.5 Å². The average molecular weight is 567 g/mol. The molecule has 10 nitrogen and oxygen atoms in total. The highest BCUT2D eigenvalue weighted by molar-refractivity contribution is 8.01. The second-order valence-corrected chi connectivity index (χ2v) is 10.8.